The van der Waals surface area contributed by atoms with E-state index in [4.69, 9.17) is 10.00 Å². The molecule has 0 N–H and O–H groups in total. The van der Waals surface area contributed by atoms with Crippen LogP contribution < -0.4 is 4.90 Å². The predicted molar refractivity (Wildman–Crippen MR) is 72.9 cm³/mol. The van der Waals surface area contributed by atoms with Crippen molar-refractivity contribution >= 4 is 17.6 Å². The molecule has 20 heavy (non-hydrogen) atoms. The number of amides is 1. The van der Waals surface area contributed by atoms with Crippen molar-refractivity contribution < 1.29 is 14.3 Å². The van der Waals surface area contributed by atoms with Crippen molar-refractivity contribution in [2.45, 2.75) is 20.3 Å². The first-order valence-electron chi connectivity index (χ1n) is 6.44. The van der Waals surface area contributed by atoms with Gasteiger partial charge in [0.25, 0.3) is 0 Å². The standard InChI is InChI=1S/C15H16N2O3/c1-10-4-3-5-13(11(10)2)17-9-12(8-14(17)18)15(19)20-7-6-16/h3-5,12H,7-9H2,1-2H3/t12-/m0/s1. The average Bonchev–Trinajstić information content (AvgIpc) is 2.81. The summed E-state index contributed by atoms with van der Waals surface area (Å²) in [4.78, 5) is 25.4. The number of carbonyl (C=O) groups excluding carboxylic acids is 2. The molecule has 1 atom stereocenters. The van der Waals surface area contributed by atoms with Crippen LogP contribution in [0.1, 0.15) is 17.5 Å². The number of nitriles is 1. The minimum Gasteiger partial charge on any atom is -0.450 e. The largest absolute Gasteiger partial charge is 0.450 e. The van der Waals surface area contributed by atoms with E-state index < -0.39 is 11.9 Å². The number of esters is 1. The normalized spacial score (nSPS) is 17.9. The maximum absolute atomic E-state index is 12.1. The number of carbonyl (C=O) groups is 2. The lowest BCUT2D eigenvalue weighted by Crippen LogP contribution is -2.27. The molecule has 1 aliphatic rings. The zero-order valence-electron chi connectivity index (χ0n) is 11.5. The van der Waals surface area contributed by atoms with Crippen molar-refractivity contribution in [3.63, 3.8) is 0 Å². The van der Waals surface area contributed by atoms with Gasteiger partial charge in [0, 0.05) is 18.7 Å². The number of aryl methyl sites for hydroxylation is 1. The van der Waals surface area contributed by atoms with Crippen molar-refractivity contribution in [1.82, 2.24) is 0 Å². The van der Waals surface area contributed by atoms with Gasteiger partial charge in [-0.15, -0.1) is 0 Å². The molecule has 1 aromatic carbocycles. The molecule has 1 saturated heterocycles. The number of anilines is 1. The van der Waals surface area contributed by atoms with Gasteiger partial charge in [-0.05, 0) is 31.0 Å². The lowest BCUT2D eigenvalue weighted by Gasteiger charge is -2.20. The van der Waals surface area contributed by atoms with E-state index in [1.807, 2.05) is 32.0 Å². The lowest BCUT2D eigenvalue weighted by atomic mass is 10.1. The SMILES string of the molecule is Cc1cccc(N2C[C@@H](C(=O)OCC#N)CC2=O)c1C. The number of nitrogens with zero attached hydrogens (tertiary/aromatic N) is 2. The van der Waals surface area contributed by atoms with Crippen molar-refractivity contribution in [2.24, 2.45) is 5.92 Å². The molecule has 5 heteroatoms. The second kappa shape index (κ2) is 5.74. The van der Waals surface area contributed by atoms with Crippen LogP contribution in [0.4, 0.5) is 5.69 Å². The topological polar surface area (TPSA) is 70.4 Å². The molecule has 104 valence electrons. The molecule has 1 aromatic rings. The monoisotopic (exact) mass is 272 g/mol. The Morgan fingerprint density at radius 2 is 2.25 bits per heavy atom. The molecule has 1 fully saturated rings. The van der Waals surface area contributed by atoms with Gasteiger partial charge in [0.2, 0.25) is 5.91 Å². The second-order valence-electron chi connectivity index (χ2n) is 4.89. The summed E-state index contributed by atoms with van der Waals surface area (Å²) in [5.74, 6) is -1.05. The first-order chi connectivity index (χ1) is 9.54. The van der Waals surface area contributed by atoms with Crippen molar-refractivity contribution in [1.29, 1.82) is 5.26 Å². The summed E-state index contributed by atoms with van der Waals surface area (Å²) in [6, 6.07) is 7.51. The Labute approximate surface area is 117 Å². The average molecular weight is 272 g/mol. The molecule has 0 spiro atoms. The van der Waals surface area contributed by atoms with E-state index in [-0.39, 0.29) is 18.9 Å². The van der Waals surface area contributed by atoms with E-state index in [2.05, 4.69) is 0 Å². The van der Waals surface area contributed by atoms with Gasteiger partial charge in [-0.3, -0.25) is 9.59 Å². The summed E-state index contributed by atoms with van der Waals surface area (Å²) < 4.78 is 4.78. The zero-order chi connectivity index (χ0) is 14.7. The molecular formula is C15H16N2O3. The van der Waals surface area contributed by atoms with Gasteiger partial charge in [0.15, 0.2) is 6.61 Å². The lowest BCUT2D eigenvalue weighted by molar-refractivity contribution is -0.146. The number of benzene rings is 1. The van der Waals surface area contributed by atoms with Crippen molar-refractivity contribution in [3.05, 3.63) is 29.3 Å². The van der Waals surface area contributed by atoms with Crippen LogP contribution in [-0.2, 0) is 14.3 Å². The Kier molecular flexibility index (Phi) is 4.04. The molecule has 0 unspecified atom stereocenters. The number of ether oxygens (including phenoxy) is 1. The van der Waals surface area contributed by atoms with E-state index >= 15 is 0 Å². The third-order valence-corrected chi connectivity index (χ3v) is 3.60. The molecular weight excluding hydrogens is 256 g/mol. The quantitative estimate of drug-likeness (QED) is 0.786. The summed E-state index contributed by atoms with van der Waals surface area (Å²) >= 11 is 0. The first-order valence-corrected chi connectivity index (χ1v) is 6.44. The molecule has 5 nitrogen and oxygen atoms in total. The van der Waals surface area contributed by atoms with Gasteiger partial charge in [0.05, 0.1) is 5.92 Å². The molecule has 1 aliphatic heterocycles. The summed E-state index contributed by atoms with van der Waals surface area (Å²) in [5, 5.41) is 8.40. The van der Waals surface area contributed by atoms with E-state index in [0.29, 0.717) is 6.54 Å². The van der Waals surface area contributed by atoms with E-state index in [1.54, 1.807) is 11.0 Å². The van der Waals surface area contributed by atoms with Crippen LogP contribution in [0.15, 0.2) is 18.2 Å². The molecule has 2 rings (SSSR count). The summed E-state index contributed by atoms with van der Waals surface area (Å²) in [5.41, 5.74) is 2.98. The fourth-order valence-corrected chi connectivity index (χ4v) is 2.35. The molecule has 0 aliphatic carbocycles. The smallest absolute Gasteiger partial charge is 0.312 e. The predicted octanol–water partition coefficient (Wildman–Crippen LogP) is 1.72. The Hall–Kier alpha value is -2.35. The van der Waals surface area contributed by atoms with Gasteiger partial charge in [-0.25, -0.2) is 0 Å². The first kappa shape index (κ1) is 14.1. The Balaban J connectivity index is 2.16. The van der Waals surface area contributed by atoms with Crippen molar-refractivity contribution in [3.8, 4) is 6.07 Å². The fraction of sp³-hybridized carbons (Fsp3) is 0.400. The summed E-state index contributed by atoms with van der Waals surface area (Å²) in [6.45, 7) is 3.98. The van der Waals surface area contributed by atoms with Gasteiger partial charge in [-0.2, -0.15) is 5.26 Å². The molecule has 1 heterocycles. The number of hydrogen-bond acceptors (Lipinski definition) is 4. The van der Waals surface area contributed by atoms with Crippen LogP contribution in [0.5, 0.6) is 0 Å². The minimum absolute atomic E-state index is 0.0855. The van der Waals surface area contributed by atoms with Crippen LogP contribution in [0, 0.1) is 31.1 Å². The van der Waals surface area contributed by atoms with E-state index in [1.165, 1.54) is 0 Å². The van der Waals surface area contributed by atoms with Crippen LogP contribution in [0.3, 0.4) is 0 Å². The second-order valence-corrected chi connectivity index (χ2v) is 4.89. The van der Waals surface area contributed by atoms with Crippen LogP contribution in [0.2, 0.25) is 0 Å². The minimum atomic E-state index is -0.490. The molecule has 0 aromatic heterocycles. The summed E-state index contributed by atoms with van der Waals surface area (Å²) in [6.07, 6.45) is 0.137. The van der Waals surface area contributed by atoms with E-state index in [9.17, 15) is 9.59 Å². The van der Waals surface area contributed by atoms with Gasteiger partial charge >= 0.3 is 5.97 Å². The van der Waals surface area contributed by atoms with Crippen LogP contribution in [0.25, 0.3) is 0 Å². The third-order valence-electron chi connectivity index (χ3n) is 3.60. The van der Waals surface area contributed by atoms with Gasteiger partial charge in [0.1, 0.15) is 6.07 Å². The zero-order valence-corrected chi connectivity index (χ0v) is 11.5. The molecule has 1 amide bonds. The van der Waals surface area contributed by atoms with Crippen LogP contribution >= 0.6 is 0 Å². The van der Waals surface area contributed by atoms with Gasteiger partial charge < -0.3 is 9.64 Å². The third kappa shape index (κ3) is 2.64. The Bertz CT molecular complexity index is 589. The van der Waals surface area contributed by atoms with Crippen molar-refractivity contribution in [2.75, 3.05) is 18.1 Å². The Morgan fingerprint density at radius 1 is 1.50 bits per heavy atom. The molecule has 0 radical (unpaired) electrons. The highest BCUT2D eigenvalue weighted by Crippen LogP contribution is 2.29. The highest BCUT2D eigenvalue weighted by Gasteiger charge is 2.36. The molecule has 0 bridgehead atoms. The highest BCUT2D eigenvalue weighted by atomic mass is 16.5. The number of rotatable bonds is 3. The maximum Gasteiger partial charge on any atom is 0.312 e. The fourth-order valence-electron chi connectivity index (χ4n) is 2.35. The maximum atomic E-state index is 12.1. The number of hydrogen-bond donors (Lipinski definition) is 0. The van der Waals surface area contributed by atoms with E-state index in [0.717, 1.165) is 16.8 Å². The highest BCUT2D eigenvalue weighted by molar-refractivity contribution is 6.00. The van der Waals surface area contributed by atoms with Crippen LogP contribution in [-0.4, -0.2) is 25.0 Å². The van der Waals surface area contributed by atoms with Gasteiger partial charge in [-0.1, -0.05) is 12.1 Å². The molecule has 0 saturated carbocycles. The Morgan fingerprint density at radius 3 is 2.95 bits per heavy atom. The summed E-state index contributed by atoms with van der Waals surface area (Å²) in [7, 11) is 0.